The molecule has 0 aliphatic carbocycles. The molecule has 2 aromatic carbocycles. The minimum atomic E-state index is -0.207. The lowest BCUT2D eigenvalue weighted by Crippen LogP contribution is -2.55. The van der Waals surface area contributed by atoms with Gasteiger partial charge in [-0.2, -0.15) is 0 Å². The Morgan fingerprint density at radius 2 is 1.73 bits per heavy atom. The molecule has 1 unspecified atom stereocenters. The maximum absolute atomic E-state index is 14.1. The lowest BCUT2D eigenvalue weighted by atomic mass is 9.97. The molecule has 0 radical (unpaired) electrons. The number of rotatable bonds is 8. The second-order valence-electron chi connectivity index (χ2n) is 15.8. The summed E-state index contributed by atoms with van der Waals surface area (Å²) >= 11 is 0. The van der Waals surface area contributed by atoms with Crippen molar-refractivity contribution in [2.75, 3.05) is 80.1 Å². The van der Waals surface area contributed by atoms with E-state index in [0.29, 0.717) is 5.92 Å². The first-order chi connectivity index (χ1) is 27.0. The van der Waals surface area contributed by atoms with Gasteiger partial charge in [0.15, 0.2) is 5.65 Å². The maximum atomic E-state index is 14.1. The van der Waals surface area contributed by atoms with E-state index in [-0.39, 0.29) is 23.6 Å². The third kappa shape index (κ3) is 6.23. The number of para-hydroxylation sites is 1. The van der Waals surface area contributed by atoms with Crippen molar-refractivity contribution in [2.45, 2.75) is 37.8 Å². The SMILES string of the molecule is Cn1c(=O)n(C2CCCNC2)c2cccc(N3CC(CN4CCN(c5cccc(-c6cnc7ccc(N8CCC[C@@H]8c8cccc(F)c8)nn67)n5)CC4)C3)c21. The lowest BCUT2D eigenvalue weighted by molar-refractivity contribution is 0.199. The number of piperazine rings is 1. The molecule has 0 saturated carbocycles. The number of aromatic nitrogens is 6. The number of halogens is 1. The second kappa shape index (κ2) is 14.1. The van der Waals surface area contributed by atoms with E-state index in [1.54, 1.807) is 12.1 Å². The van der Waals surface area contributed by atoms with E-state index >= 15 is 0 Å². The zero-order valence-electron chi connectivity index (χ0n) is 31.4. The van der Waals surface area contributed by atoms with Gasteiger partial charge in [0.25, 0.3) is 0 Å². The molecule has 55 heavy (non-hydrogen) atoms. The highest BCUT2D eigenvalue weighted by molar-refractivity contribution is 5.90. The molecule has 4 saturated heterocycles. The molecule has 13 heteroatoms. The fraction of sp³-hybridized carbons (Fsp3) is 0.429. The number of aryl methyl sites for hydroxylation is 1. The van der Waals surface area contributed by atoms with E-state index in [1.807, 2.05) is 51.2 Å². The first kappa shape index (κ1) is 34.2. The summed E-state index contributed by atoms with van der Waals surface area (Å²) < 4.78 is 19.9. The minimum absolute atomic E-state index is 0.0877. The summed E-state index contributed by atoms with van der Waals surface area (Å²) in [5, 5.41) is 8.53. The molecule has 8 heterocycles. The maximum Gasteiger partial charge on any atom is 0.329 e. The number of benzene rings is 2. The van der Waals surface area contributed by atoms with Crippen LogP contribution in [0.1, 0.15) is 43.3 Å². The van der Waals surface area contributed by atoms with E-state index in [4.69, 9.17) is 10.1 Å². The van der Waals surface area contributed by atoms with Gasteiger partial charge in [0.05, 0.1) is 40.7 Å². The van der Waals surface area contributed by atoms with Gasteiger partial charge in [-0.05, 0) is 86.3 Å². The lowest BCUT2D eigenvalue weighted by Gasteiger charge is -2.45. The molecular formula is C42H48FN11O. The zero-order valence-corrected chi connectivity index (χ0v) is 31.4. The van der Waals surface area contributed by atoms with Crippen LogP contribution in [-0.4, -0.2) is 99.1 Å². The van der Waals surface area contributed by atoms with Crippen LogP contribution in [0.25, 0.3) is 28.1 Å². The van der Waals surface area contributed by atoms with E-state index < -0.39 is 0 Å². The van der Waals surface area contributed by atoms with Crippen LogP contribution in [0.2, 0.25) is 0 Å². The number of pyridine rings is 1. The van der Waals surface area contributed by atoms with Gasteiger partial charge in [0.1, 0.15) is 23.1 Å². The summed E-state index contributed by atoms with van der Waals surface area (Å²) in [5.41, 5.74) is 6.82. The van der Waals surface area contributed by atoms with Crippen molar-refractivity contribution in [2.24, 2.45) is 13.0 Å². The quantitative estimate of drug-likeness (QED) is 0.229. The predicted octanol–water partition coefficient (Wildman–Crippen LogP) is 5.11. The van der Waals surface area contributed by atoms with Crippen LogP contribution in [0.15, 0.2) is 83.8 Å². The van der Waals surface area contributed by atoms with Gasteiger partial charge in [-0.25, -0.2) is 23.7 Å². The predicted molar refractivity (Wildman–Crippen MR) is 215 cm³/mol. The molecule has 2 atom stereocenters. The third-order valence-electron chi connectivity index (χ3n) is 12.4. The molecule has 0 bridgehead atoms. The van der Waals surface area contributed by atoms with Crippen molar-refractivity contribution < 1.29 is 4.39 Å². The van der Waals surface area contributed by atoms with Crippen molar-refractivity contribution in [3.63, 3.8) is 0 Å². The summed E-state index contributed by atoms with van der Waals surface area (Å²) in [4.78, 5) is 32.9. The number of anilines is 3. The van der Waals surface area contributed by atoms with Crippen LogP contribution in [-0.2, 0) is 7.05 Å². The molecule has 4 aromatic heterocycles. The molecular weight excluding hydrogens is 694 g/mol. The number of hydrogen-bond acceptors (Lipinski definition) is 9. The largest absolute Gasteiger partial charge is 0.369 e. The van der Waals surface area contributed by atoms with Gasteiger partial charge >= 0.3 is 5.69 Å². The first-order valence-electron chi connectivity index (χ1n) is 20.0. The first-order valence-corrected chi connectivity index (χ1v) is 20.0. The highest BCUT2D eigenvalue weighted by Crippen LogP contribution is 2.37. The van der Waals surface area contributed by atoms with Crippen LogP contribution in [0.3, 0.4) is 0 Å². The van der Waals surface area contributed by atoms with Crippen molar-refractivity contribution in [1.82, 2.24) is 38.9 Å². The highest BCUT2D eigenvalue weighted by atomic mass is 19.1. The molecule has 6 aromatic rings. The molecule has 284 valence electrons. The van der Waals surface area contributed by atoms with E-state index in [9.17, 15) is 9.18 Å². The van der Waals surface area contributed by atoms with E-state index in [1.165, 1.54) is 11.8 Å². The van der Waals surface area contributed by atoms with Crippen molar-refractivity contribution in [3.05, 3.63) is 101 Å². The Labute approximate surface area is 319 Å². The van der Waals surface area contributed by atoms with Crippen molar-refractivity contribution in [3.8, 4) is 11.4 Å². The van der Waals surface area contributed by atoms with Gasteiger partial charge in [-0.15, -0.1) is 5.10 Å². The Hall–Kier alpha value is -5.27. The van der Waals surface area contributed by atoms with Gasteiger partial charge in [-0.3, -0.25) is 14.0 Å². The zero-order chi connectivity index (χ0) is 37.0. The van der Waals surface area contributed by atoms with Crippen molar-refractivity contribution >= 4 is 34.0 Å². The summed E-state index contributed by atoms with van der Waals surface area (Å²) in [6.07, 6.45) is 5.99. The second-order valence-corrected chi connectivity index (χ2v) is 15.8. The van der Waals surface area contributed by atoms with Crippen molar-refractivity contribution in [1.29, 1.82) is 0 Å². The van der Waals surface area contributed by atoms with Crippen LogP contribution in [0.5, 0.6) is 0 Å². The molecule has 10 rings (SSSR count). The van der Waals surface area contributed by atoms with Crippen LogP contribution in [0, 0.1) is 11.7 Å². The fourth-order valence-electron chi connectivity index (χ4n) is 9.52. The fourth-order valence-corrected chi connectivity index (χ4v) is 9.52. The van der Waals surface area contributed by atoms with Crippen LogP contribution < -0.4 is 25.7 Å². The molecule has 4 aliphatic rings. The summed E-state index contributed by atoms with van der Waals surface area (Å²) in [6.45, 7) is 9.67. The molecule has 4 aliphatic heterocycles. The van der Waals surface area contributed by atoms with Crippen LogP contribution >= 0.6 is 0 Å². The minimum Gasteiger partial charge on any atom is -0.369 e. The van der Waals surface area contributed by atoms with Gasteiger partial charge in [0, 0.05) is 71.9 Å². The molecule has 0 amide bonds. The van der Waals surface area contributed by atoms with Gasteiger partial charge in [0.2, 0.25) is 0 Å². The third-order valence-corrected chi connectivity index (χ3v) is 12.4. The molecule has 4 fully saturated rings. The number of nitrogens with zero attached hydrogens (tertiary/aromatic N) is 10. The Morgan fingerprint density at radius 3 is 2.56 bits per heavy atom. The number of piperidine rings is 1. The standard InChI is InChI=1S/C42H48FN11O/c1-48-41-35(11-4-12-36(41)53(42(48)55)32-9-5-17-44-24-32)51-27-29(28-51)26-49-19-21-50(22-20-49)39-14-3-10-33(46-39)37-25-45-38-15-16-40(47-54(37)38)52-18-6-13-34(52)30-7-2-8-31(43)23-30/h2-4,7-8,10-12,14-16,23,25,29,32,34,44H,5-6,9,13,17-22,24,26-28H2,1H3/t32?,34-/m1/s1. The van der Waals surface area contributed by atoms with Gasteiger partial charge in [-0.1, -0.05) is 24.3 Å². The summed E-state index contributed by atoms with van der Waals surface area (Å²) in [5.74, 6) is 2.22. The molecule has 12 nitrogen and oxygen atoms in total. The molecule has 1 N–H and O–H groups in total. The topological polar surface area (TPSA) is 95.0 Å². The van der Waals surface area contributed by atoms with Crippen LogP contribution in [0.4, 0.5) is 21.7 Å². The summed E-state index contributed by atoms with van der Waals surface area (Å²) in [7, 11) is 1.92. The average Bonchev–Trinajstić information content (AvgIpc) is 3.93. The Balaban J connectivity index is 0.786. The Kier molecular flexibility index (Phi) is 8.78. The van der Waals surface area contributed by atoms with E-state index in [2.05, 4.69) is 60.2 Å². The number of nitrogens with one attached hydrogen (secondary N) is 1. The highest BCUT2D eigenvalue weighted by Gasteiger charge is 2.33. The number of imidazole rings is 2. The van der Waals surface area contributed by atoms with E-state index in [0.717, 1.165) is 136 Å². The Morgan fingerprint density at radius 1 is 0.873 bits per heavy atom. The average molecular weight is 742 g/mol. The normalized spacial score (nSPS) is 21.2. The van der Waals surface area contributed by atoms with Gasteiger partial charge < -0.3 is 20.0 Å². The molecule has 0 spiro atoms. The smallest absolute Gasteiger partial charge is 0.329 e. The number of fused-ring (bicyclic) bond motifs is 2. The Bertz CT molecular complexity index is 2400. The number of hydrogen-bond donors (Lipinski definition) is 1. The summed E-state index contributed by atoms with van der Waals surface area (Å²) in [6, 6.07) is 23.9. The monoisotopic (exact) mass is 741 g/mol.